The fraction of sp³-hybridized carbons (Fsp3) is 0.643. The van der Waals surface area contributed by atoms with Gasteiger partial charge in [0, 0.05) is 38.1 Å². The normalized spacial score (nSPS) is 26.3. The van der Waals surface area contributed by atoms with Crippen molar-refractivity contribution in [2.24, 2.45) is 0 Å². The Kier molecular flexibility index (Phi) is 3.76. The van der Waals surface area contributed by atoms with Crippen molar-refractivity contribution in [3.63, 3.8) is 0 Å². The van der Waals surface area contributed by atoms with Gasteiger partial charge >= 0.3 is 0 Å². The summed E-state index contributed by atoms with van der Waals surface area (Å²) in [5.74, 6) is 0.938. The minimum Gasteiger partial charge on any atom is -0.490 e. The lowest BCUT2D eigenvalue weighted by atomic mass is 10.0. The summed E-state index contributed by atoms with van der Waals surface area (Å²) in [6.45, 7) is 4.10. The summed E-state index contributed by atoms with van der Waals surface area (Å²) in [5.41, 5.74) is 0. The van der Waals surface area contributed by atoms with Crippen molar-refractivity contribution in [1.82, 2.24) is 9.88 Å². The smallest absolute Gasteiger partial charge is 0.122 e. The monoisotopic (exact) mass is 248 g/mol. The molecule has 1 unspecified atom stereocenters. The number of likely N-dealkylation sites (tertiary alicyclic amines) is 1. The molecule has 0 amide bonds. The van der Waals surface area contributed by atoms with Crippen molar-refractivity contribution in [3.8, 4) is 5.75 Å². The van der Waals surface area contributed by atoms with Gasteiger partial charge in [-0.05, 0) is 31.4 Å². The first kappa shape index (κ1) is 11.9. The van der Waals surface area contributed by atoms with Crippen LogP contribution in [0.25, 0.3) is 0 Å². The van der Waals surface area contributed by atoms with Gasteiger partial charge in [0.15, 0.2) is 0 Å². The van der Waals surface area contributed by atoms with E-state index in [0.717, 1.165) is 44.9 Å². The lowest BCUT2D eigenvalue weighted by Gasteiger charge is -2.35. The Morgan fingerprint density at radius 1 is 1.17 bits per heavy atom. The van der Waals surface area contributed by atoms with E-state index >= 15 is 0 Å². The van der Waals surface area contributed by atoms with Gasteiger partial charge in [-0.3, -0.25) is 9.88 Å². The van der Waals surface area contributed by atoms with E-state index in [4.69, 9.17) is 9.47 Å². The molecule has 0 radical (unpaired) electrons. The van der Waals surface area contributed by atoms with Crippen LogP contribution in [0.3, 0.4) is 0 Å². The SMILES string of the molecule is c1cc(OC2CCN(C3CCOC3)CC2)ccn1. The van der Waals surface area contributed by atoms with Crippen molar-refractivity contribution in [1.29, 1.82) is 0 Å². The molecule has 2 saturated heterocycles. The van der Waals surface area contributed by atoms with E-state index < -0.39 is 0 Å². The molecule has 1 aromatic rings. The minimum atomic E-state index is 0.353. The molecule has 2 aliphatic heterocycles. The highest BCUT2D eigenvalue weighted by molar-refractivity contribution is 5.17. The Bertz CT molecular complexity index is 357. The molecular formula is C14H20N2O2. The van der Waals surface area contributed by atoms with Crippen LogP contribution in [0, 0.1) is 0 Å². The molecule has 2 aliphatic rings. The number of nitrogens with zero attached hydrogens (tertiary/aromatic N) is 2. The lowest BCUT2D eigenvalue weighted by Crippen LogP contribution is -2.44. The molecule has 0 aliphatic carbocycles. The number of hydrogen-bond acceptors (Lipinski definition) is 4. The first-order valence-corrected chi connectivity index (χ1v) is 6.80. The van der Waals surface area contributed by atoms with Crippen molar-refractivity contribution in [3.05, 3.63) is 24.5 Å². The van der Waals surface area contributed by atoms with Crippen molar-refractivity contribution in [2.45, 2.75) is 31.4 Å². The minimum absolute atomic E-state index is 0.353. The number of hydrogen-bond donors (Lipinski definition) is 0. The summed E-state index contributed by atoms with van der Waals surface area (Å²) < 4.78 is 11.4. The number of pyridine rings is 1. The van der Waals surface area contributed by atoms with Gasteiger partial charge in [0.25, 0.3) is 0 Å². The predicted molar refractivity (Wildman–Crippen MR) is 68.7 cm³/mol. The highest BCUT2D eigenvalue weighted by atomic mass is 16.5. The van der Waals surface area contributed by atoms with Gasteiger partial charge in [0.1, 0.15) is 11.9 Å². The van der Waals surface area contributed by atoms with Crippen LogP contribution in [0.1, 0.15) is 19.3 Å². The second-order valence-corrected chi connectivity index (χ2v) is 5.05. The number of rotatable bonds is 3. The van der Waals surface area contributed by atoms with Crippen LogP contribution in [0.15, 0.2) is 24.5 Å². The molecule has 18 heavy (non-hydrogen) atoms. The molecule has 4 nitrogen and oxygen atoms in total. The Morgan fingerprint density at radius 2 is 1.94 bits per heavy atom. The molecule has 3 rings (SSSR count). The average Bonchev–Trinajstić information content (AvgIpc) is 2.95. The molecule has 0 N–H and O–H groups in total. The van der Waals surface area contributed by atoms with E-state index in [-0.39, 0.29) is 0 Å². The van der Waals surface area contributed by atoms with Crippen molar-refractivity contribution < 1.29 is 9.47 Å². The Labute approximate surface area is 108 Å². The van der Waals surface area contributed by atoms with Gasteiger partial charge in [-0.15, -0.1) is 0 Å². The van der Waals surface area contributed by atoms with Gasteiger partial charge in [0.2, 0.25) is 0 Å². The predicted octanol–water partition coefficient (Wildman–Crippen LogP) is 1.71. The van der Waals surface area contributed by atoms with Gasteiger partial charge in [-0.2, -0.15) is 0 Å². The Balaban J connectivity index is 1.48. The maximum absolute atomic E-state index is 5.97. The van der Waals surface area contributed by atoms with Crippen LogP contribution < -0.4 is 4.74 Å². The second kappa shape index (κ2) is 5.67. The van der Waals surface area contributed by atoms with Crippen LogP contribution in [-0.2, 0) is 4.74 Å². The third kappa shape index (κ3) is 2.82. The van der Waals surface area contributed by atoms with E-state index in [1.165, 1.54) is 6.42 Å². The first-order valence-electron chi connectivity index (χ1n) is 6.80. The lowest BCUT2D eigenvalue weighted by molar-refractivity contribution is 0.0685. The zero-order chi connectivity index (χ0) is 12.2. The summed E-state index contributed by atoms with van der Waals surface area (Å²) in [6.07, 6.45) is 7.32. The molecule has 1 aromatic heterocycles. The van der Waals surface area contributed by atoms with Crippen LogP contribution in [0.4, 0.5) is 0 Å². The van der Waals surface area contributed by atoms with Crippen LogP contribution >= 0.6 is 0 Å². The molecule has 0 aromatic carbocycles. The summed E-state index contributed by atoms with van der Waals surface area (Å²) in [7, 11) is 0. The molecular weight excluding hydrogens is 228 g/mol. The van der Waals surface area contributed by atoms with Crippen LogP contribution in [0.2, 0.25) is 0 Å². The molecule has 0 saturated carbocycles. The third-order valence-electron chi connectivity index (χ3n) is 3.85. The fourth-order valence-electron chi connectivity index (χ4n) is 2.78. The first-order chi connectivity index (χ1) is 8.92. The maximum Gasteiger partial charge on any atom is 0.122 e. The zero-order valence-corrected chi connectivity index (χ0v) is 10.6. The molecule has 1 atom stereocenters. The van der Waals surface area contributed by atoms with Crippen molar-refractivity contribution in [2.75, 3.05) is 26.3 Å². The fourth-order valence-corrected chi connectivity index (χ4v) is 2.78. The summed E-state index contributed by atoms with van der Waals surface area (Å²) in [6, 6.07) is 4.50. The van der Waals surface area contributed by atoms with Crippen LogP contribution in [0.5, 0.6) is 5.75 Å². The number of aromatic nitrogens is 1. The van der Waals surface area contributed by atoms with Crippen molar-refractivity contribution >= 4 is 0 Å². The highest BCUT2D eigenvalue weighted by Gasteiger charge is 2.28. The van der Waals surface area contributed by atoms with E-state index in [1.54, 1.807) is 12.4 Å². The van der Waals surface area contributed by atoms with Gasteiger partial charge in [-0.25, -0.2) is 0 Å². The standard InChI is InChI=1S/C14H20N2O2/c1-6-15-7-2-13(1)18-14-3-8-16(9-4-14)12-5-10-17-11-12/h1-2,6-7,12,14H,3-5,8-11H2. The molecule has 0 bridgehead atoms. The Morgan fingerprint density at radius 3 is 2.61 bits per heavy atom. The highest BCUT2D eigenvalue weighted by Crippen LogP contribution is 2.22. The number of piperidine rings is 1. The summed E-state index contributed by atoms with van der Waals surface area (Å²) in [4.78, 5) is 6.56. The third-order valence-corrected chi connectivity index (χ3v) is 3.85. The molecule has 2 fully saturated rings. The van der Waals surface area contributed by atoms with E-state index in [9.17, 15) is 0 Å². The van der Waals surface area contributed by atoms with E-state index in [1.807, 2.05) is 12.1 Å². The summed E-state index contributed by atoms with van der Waals surface area (Å²) in [5, 5.41) is 0. The molecule has 3 heterocycles. The molecule has 0 spiro atoms. The topological polar surface area (TPSA) is 34.6 Å². The maximum atomic E-state index is 5.97. The largest absolute Gasteiger partial charge is 0.490 e. The van der Waals surface area contributed by atoms with Gasteiger partial charge in [-0.1, -0.05) is 0 Å². The van der Waals surface area contributed by atoms with E-state index in [2.05, 4.69) is 9.88 Å². The average molecular weight is 248 g/mol. The van der Waals surface area contributed by atoms with Gasteiger partial charge in [0.05, 0.1) is 6.61 Å². The number of ether oxygens (including phenoxy) is 2. The zero-order valence-electron chi connectivity index (χ0n) is 10.6. The summed E-state index contributed by atoms with van der Waals surface area (Å²) >= 11 is 0. The quantitative estimate of drug-likeness (QED) is 0.815. The molecule has 98 valence electrons. The molecule has 4 heteroatoms. The van der Waals surface area contributed by atoms with Crippen LogP contribution in [-0.4, -0.2) is 48.3 Å². The Hall–Kier alpha value is -1.13. The second-order valence-electron chi connectivity index (χ2n) is 5.05. The van der Waals surface area contributed by atoms with Gasteiger partial charge < -0.3 is 9.47 Å². The van der Waals surface area contributed by atoms with E-state index in [0.29, 0.717) is 12.1 Å².